The van der Waals surface area contributed by atoms with Gasteiger partial charge in [0.15, 0.2) is 0 Å². The quantitative estimate of drug-likeness (QED) is 0.900. The van der Waals surface area contributed by atoms with E-state index in [0.717, 1.165) is 25.1 Å². The van der Waals surface area contributed by atoms with Crippen LogP contribution in [-0.4, -0.2) is 54.3 Å². The van der Waals surface area contributed by atoms with Crippen LogP contribution in [0.3, 0.4) is 0 Å². The van der Waals surface area contributed by atoms with Crippen LogP contribution < -0.4 is 5.32 Å². The molecule has 1 N–H and O–H groups in total. The second-order valence-corrected chi connectivity index (χ2v) is 6.26. The van der Waals surface area contributed by atoms with E-state index in [4.69, 9.17) is 0 Å². The Balaban J connectivity index is 0.00000192. The first-order valence-electron chi connectivity index (χ1n) is 7.94. The molecule has 1 aromatic carbocycles. The van der Waals surface area contributed by atoms with E-state index < -0.39 is 0 Å². The number of carbonyl (C=O) groups excluding carboxylic acids is 2. The van der Waals surface area contributed by atoms with Crippen molar-refractivity contribution >= 4 is 24.2 Å². The number of nitrogens with one attached hydrogen (secondary N) is 1. The van der Waals surface area contributed by atoms with E-state index in [0.29, 0.717) is 19.5 Å². The van der Waals surface area contributed by atoms with Crippen molar-refractivity contribution in [3.63, 3.8) is 0 Å². The molecule has 2 aliphatic heterocycles. The fraction of sp³-hybridized carbons (Fsp3) is 0.529. The first-order valence-corrected chi connectivity index (χ1v) is 7.94. The maximum absolute atomic E-state index is 12.6. The normalized spacial score (nSPS) is 23.7. The monoisotopic (exact) mass is 337 g/mol. The summed E-state index contributed by atoms with van der Waals surface area (Å²) in [7, 11) is 1.87. The second kappa shape index (κ2) is 7.79. The van der Waals surface area contributed by atoms with Gasteiger partial charge < -0.3 is 15.1 Å². The summed E-state index contributed by atoms with van der Waals surface area (Å²) < 4.78 is 0. The lowest BCUT2D eigenvalue weighted by Gasteiger charge is -2.26. The van der Waals surface area contributed by atoms with Crippen molar-refractivity contribution in [1.82, 2.24) is 15.1 Å². The van der Waals surface area contributed by atoms with E-state index in [1.54, 1.807) is 4.90 Å². The number of halogens is 1. The van der Waals surface area contributed by atoms with Crippen LogP contribution in [0.25, 0.3) is 0 Å². The van der Waals surface area contributed by atoms with Crippen molar-refractivity contribution in [2.24, 2.45) is 5.92 Å². The maximum Gasteiger partial charge on any atom is 0.228 e. The molecule has 2 aliphatic rings. The number of likely N-dealkylation sites (N-methyl/N-ethyl adjacent to an activating group) is 1. The van der Waals surface area contributed by atoms with Gasteiger partial charge in [-0.2, -0.15) is 0 Å². The Morgan fingerprint density at radius 1 is 1.35 bits per heavy atom. The number of hydrogen-bond donors (Lipinski definition) is 1. The SMILES string of the molecule is CN(C(=O)C1CC(=O)N(Cc2ccccc2)C1)C1CCNC1.Cl. The van der Waals surface area contributed by atoms with Crippen LogP contribution >= 0.6 is 12.4 Å². The molecule has 126 valence electrons. The highest BCUT2D eigenvalue weighted by atomic mass is 35.5. The van der Waals surface area contributed by atoms with Crippen molar-refractivity contribution in [3.05, 3.63) is 35.9 Å². The van der Waals surface area contributed by atoms with E-state index in [1.807, 2.05) is 42.3 Å². The first-order chi connectivity index (χ1) is 10.6. The Labute approximate surface area is 143 Å². The molecule has 2 unspecified atom stereocenters. The van der Waals surface area contributed by atoms with E-state index in [9.17, 15) is 9.59 Å². The average molecular weight is 338 g/mol. The van der Waals surface area contributed by atoms with Crippen LogP contribution in [0.1, 0.15) is 18.4 Å². The van der Waals surface area contributed by atoms with Crippen LogP contribution in [0.2, 0.25) is 0 Å². The Morgan fingerprint density at radius 3 is 2.74 bits per heavy atom. The van der Waals surface area contributed by atoms with Crippen molar-refractivity contribution in [2.75, 3.05) is 26.7 Å². The van der Waals surface area contributed by atoms with Crippen molar-refractivity contribution in [3.8, 4) is 0 Å². The first kappa shape index (κ1) is 17.8. The molecule has 0 radical (unpaired) electrons. The minimum absolute atomic E-state index is 0. The topological polar surface area (TPSA) is 52.7 Å². The molecule has 2 fully saturated rings. The number of benzene rings is 1. The summed E-state index contributed by atoms with van der Waals surface area (Å²) in [5.74, 6) is -0.000395. The number of carbonyl (C=O) groups is 2. The molecular formula is C17H24ClN3O2. The number of rotatable bonds is 4. The number of nitrogens with zero attached hydrogens (tertiary/aromatic N) is 2. The highest BCUT2D eigenvalue weighted by Crippen LogP contribution is 2.23. The summed E-state index contributed by atoms with van der Waals surface area (Å²) in [6, 6.07) is 10.2. The molecule has 2 saturated heterocycles. The van der Waals surface area contributed by atoms with Crippen LogP contribution in [-0.2, 0) is 16.1 Å². The zero-order valence-corrected chi connectivity index (χ0v) is 14.2. The van der Waals surface area contributed by atoms with E-state index in [-0.39, 0.29) is 36.2 Å². The lowest BCUT2D eigenvalue weighted by Crippen LogP contribution is -2.42. The fourth-order valence-electron chi connectivity index (χ4n) is 3.33. The van der Waals surface area contributed by atoms with Crippen LogP contribution in [0.4, 0.5) is 0 Å². The molecule has 0 aromatic heterocycles. The van der Waals surface area contributed by atoms with Crippen LogP contribution in [0.15, 0.2) is 30.3 Å². The van der Waals surface area contributed by atoms with Crippen molar-refractivity contribution < 1.29 is 9.59 Å². The maximum atomic E-state index is 12.6. The third kappa shape index (κ3) is 4.03. The average Bonchev–Trinajstić information content (AvgIpc) is 3.18. The summed E-state index contributed by atoms with van der Waals surface area (Å²) in [5, 5.41) is 3.28. The van der Waals surface area contributed by atoms with Gasteiger partial charge >= 0.3 is 0 Å². The number of hydrogen-bond acceptors (Lipinski definition) is 3. The summed E-state index contributed by atoms with van der Waals surface area (Å²) in [4.78, 5) is 28.4. The van der Waals surface area contributed by atoms with Gasteiger partial charge in [-0.25, -0.2) is 0 Å². The van der Waals surface area contributed by atoms with Gasteiger partial charge in [-0.1, -0.05) is 30.3 Å². The lowest BCUT2D eigenvalue weighted by molar-refractivity contribution is -0.136. The highest BCUT2D eigenvalue weighted by molar-refractivity contribution is 5.89. The highest BCUT2D eigenvalue weighted by Gasteiger charge is 2.37. The van der Waals surface area contributed by atoms with Gasteiger partial charge in [0, 0.05) is 39.1 Å². The Hall–Kier alpha value is -1.59. The van der Waals surface area contributed by atoms with Gasteiger partial charge in [0.25, 0.3) is 0 Å². The van der Waals surface area contributed by atoms with Gasteiger partial charge in [0.2, 0.25) is 11.8 Å². The van der Waals surface area contributed by atoms with E-state index >= 15 is 0 Å². The predicted octanol–water partition coefficient (Wildman–Crippen LogP) is 1.28. The molecule has 1 aromatic rings. The molecule has 2 amide bonds. The van der Waals surface area contributed by atoms with E-state index in [1.165, 1.54) is 0 Å². The van der Waals surface area contributed by atoms with E-state index in [2.05, 4.69) is 5.32 Å². The molecule has 3 rings (SSSR count). The smallest absolute Gasteiger partial charge is 0.228 e. The molecule has 0 aliphatic carbocycles. The molecule has 5 nitrogen and oxygen atoms in total. The molecule has 0 spiro atoms. The number of amides is 2. The fourth-order valence-corrected chi connectivity index (χ4v) is 3.33. The summed E-state index contributed by atoms with van der Waals surface area (Å²) in [6.07, 6.45) is 1.34. The largest absolute Gasteiger partial charge is 0.341 e. The van der Waals surface area contributed by atoms with Gasteiger partial charge in [-0.3, -0.25) is 9.59 Å². The summed E-state index contributed by atoms with van der Waals surface area (Å²) >= 11 is 0. The van der Waals surface area contributed by atoms with Gasteiger partial charge in [-0.05, 0) is 18.5 Å². The summed E-state index contributed by atoms with van der Waals surface area (Å²) in [5.41, 5.74) is 1.11. The summed E-state index contributed by atoms with van der Waals surface area (Å²) in [6.45, 7) is 2.96. The Kier molecular flexibility index (Phi) is 6.02. The van der Waals surface area contributed by atoms with Crippen molar-refractivity contribution in [2.45, 2.75) is 25.4 Å². The van der Waals surface area contributed by atoms with Gasteiger partial charge in [-0.15, -0.1) is 12.4 Å². The molecule has 2 heterocycles. The second-order valence-electron chi connectivity index (χ2n) is 6.26. The Bertz CT molecular complexity index is 546. The third-order valence-corrected chi connectivity index (χ3v) is 4.71. The van der Waals surface area contributed by atoms with Crippen LogP contribution in [0, 0.1) is 5.92 Å². The molecule has 6 heteroatoms. The Morgan fingerprint density at radius 2 is 2.09 bits per heavy atom. The van der Waals surface area contributed by atoms with Crippen LogP contribution in [0.5, 0.6) is 0 Å². The van der Waals surface area contributed by atoms with Gasteiger partial charge in [0.1, 0.15) is 0 Å². The minimum atomic E-state index is -0.193. The zero-order chi connectivity index (χ0) is 15.5. The molecular weight excluding hydrogens is 314 g/mol. The standard InChI is InChI=1S/C17H23N3O2.ClH/c1-19(15-7-8-18-10-15)17(22)14-9-16(21)20(12-14)11-13-5-3-2-4-6-13;/h2-6,14-15,18H,7-12H2,1H3;1H. The predicted molar refractivity (Wildman–Crippen MR) is 91.3 cm³/mol. The van der Waals surface area contributed by atoms with Gasteiger partial charge in [0.05, 0.1) is 5.92 Å². The lowest BCUT2D eigenvalue weighted by atomic mass is 10.1. The minimum Gasteiger partial charge on any atom is -0.341 e. The molecule has 0 saturated carbocycles. The molecule has 2 atom stereocenters. The zero-order valence-electron chi connectivity index (χ0n) is 13.4. The van der Waals surface area contributed by atoms with Crippen molar-refractivity contribution in [1.29, 1.82) is 0 Å². The molecule has 23 heavy (non-hydrogen) atoms. The molecule has 0 bridgehead atoms. The number of likely N-dealkylation sites (tertiary alicyclic amines) is 1. The third-order valence-electron chi connectivity index (χ3n) is 4.71.